The van der Waals surface area contributed by atoms with Crippen molar-refractivity contribution in [1.82, 2.24) is 14.9 Å². The molecule has 0 bridgehead atoms. The van der Waals surface area contributed by atoms with E-state index >= 15 is 0 Å². The topological polar surface area (TPSA) is 66.1 Å². The zero-order valence-corrected chi connectivity index (χ0v) is 18.0. The average Bonchev–Trinajstić information content (AvgIpc) is 2.89. The van der Waals surface area contributed by atoms with Gasteiger partial charge in [-0.3, -0.25) is 9.59 Å². The second-order valence-corrected chi connectivity index (χ2v) is 9.29. The molecule has 2 aromatic heterocycles. The Bertz CT molecular complexity index is 811. The summed E-state index contributed by atoms with van der Waals surface area (Å²) < 4.78 is 0. The fourth-order valence-corrected chi connectivity index (χ4v) is 4.71. The molecule has 144 valence electrons. The van der Waals surface area contributed by atoms with E-state index < -0.39 is 0 Å². The van der Waals surface area contributed by atoms with E-state index in [0.717, 1.165) is 47.2 Å². The first kappa shape index (κ1) is 21.0. The molecule has 0 aliphatic heterocycles. The zero-order chi connectivity index (χ0) is 19.3. The van der Waals surface area contributed by atoms with Crippen molar-refractivity contribution < 1.29 is 4.79 Å². The fourth-order valence-electron chi connectivity index (χ4n) is 2.73. The molecular formula is C19H29N3O2S2. The SMILES string of the molecule is CCC(C)Cc1c(C)sc2nc(SCCCCC(=O)N(C)C)[nH]c(=O)c12. The maximum Gasteiger partial charge on any atom is 0.260 e. The summed E-state index contributed by atoms with van der Waals surface area (Å²) in [6.07, 6.45) is 4.38. The quantitative estimate of drug-likeness (QED) is 0.392. The molecule has 2 aromatic rings. The minimum Gasteiger partial charge on any atom is -0.349 e. The number of hydrogen-bond acceptors (Lipinski definition) is 5. The van der Waals surface area contributed by atoms with Crippen molar-refractivity contribution in [1.29, 1.82) is 0 Å². The van der Waals surface area contributed by atoms with Crippen LogP contribution in [0.4, 0.5) is 0 Å². The average molecular weight is 396 g/mol. The van der Waals surface area contributed by atoms with Crippen LogP contribution >= 0.6 is 23.1 Å². The summed E-state index contributed by atoms with van der Waals surface area (Å²) >= 11 is 3.17. The molecular weight excluding hydrogens is 366 g/mol. The Balaban J connectivity index is 2.03. The largest absolute Gasteiger partial charge is 0.349 e. The van der Waals surface area contributed by atoms with Crippen molar-refractivity contribution in [2.75, 3.05) is 19.8 Å². The van der Waals surface area contributed by atoms with Crippen molar-refractivity contribution in [2.45, 2.75) is 58.0 Å². The summed E-state index contributed by atoms with van der Waals surface area (Å²) in [5, 5.41) is 1.45. The number of H-pyrrole nitrogens is 1. The molecule has 0 spiro atoms. The van der Waals surface area contributed by atoms with E-state index in [0.29, 0.717) is 17.5 Å². The van der Waals surface area contributed by atoms with Crippen LogP contribution in [0.1, 0.15) is 50.0 Å². The van der Waals surface area contributed by atoms with Crippen LogP contribution in [-0.4, -0.2) is 40.6 Å². The predicted molar refractivity (Wildman–Crippen MR) is 111 cm³/mol. The van der Waals surface area contributed by atoms with Gasteiger partial charge in [0.05, 0.1) is 5.39 Å². The molecule has 1 unspecified atom stereocenters. The molecule has 1 N–H and O–H groups in total. The van der Waals surface area contributed by atoms with E-state index in [9.17, 15) is 9.59 Å². The van der Waals surface area contributed by atoms with Crippen molar-refractivity contribution in [3.8, 4) is 0 Å². The van der Waals surface area contributed by atoms with E-state index in [-0.39, 0.29) is 11.5 Å². The van der Waals surface area contributed by atoms with E-state index in [1.807, 2.05) is 0 Å². The van der Waals surface area contributed by atoms with Gasteiger partial charge in [0.15, 0.2) is 5.16 Å². The van der Waals surface area contributed by atoms with Crippen LogP contribution < -0.4 is 5.56 Å². The number of thiophene rings is 1. The summed E-state index contributed by atoms with van der Waals surface area (Å²) in [5.41, 5.74) is 1.13. The van der Waals surface area contributed by atoms with Crippen LogP contribution in [-0.2, 0) is 11.2 Å². The van der Waals surface area contributed by atoms with Crippen LogP contribution in [0.2, 0.25) is 0 Å². The lowest BCUT2D eigenvalue weighted by molar-refractivity contribution is -0.128. The van der Waals surface area contributed by atoms with Crippen LogP contribution in [0.3, 0.4) is 0 Å². The second kappa shape index (κ2) is 9.55. The minimum absolute atomic E-state index is 0.0251. The van der Waals surface area contributed by atoms with Gasteiger partial charge < -0.3 is 9.88 Å². The first-order chi connectivity index (χ1) is 12.3. The number of amides is 1. The highest BCUT2D eigenvalue weighted by Gasteiger charge is 2.16. The highest BCUT2D eigenvalue weighted by atomic mass is 32.2. The normalized spacial score (nSPS) is 12.5. The number of aromatic amines is 1. The van der Waals surface area contributed by atoms with Gasteiger partial charge in [-0.15, -0.1) is 11.3 Å². The number of rotatable bonds is 9. The molecule has 0 aliphatic carbocycles. The van der Waals surface area contributed by atoms with Crippen LogP contribution in [0.15, 0.2) is 9.95 Å². The number of nitrogens with one attached hydrogen (secondary N) is 1. The molecule has 0 fully saturated rings. The lowest BCUT2D eigenvalue weighted by Gasteiger charge is -2.09. The maximum atomic E-state index is 12.6. The van der Waals surface area contributed by atoms with E-state index in [2.05, 4.69) is 30.7 Å². The van der Waals surface area contributed by atoms with Crippen LogP contribution in [0, 0.1) is 12.8 Å². The first-order valence-electron chi connectivity index (χ1n) is 9.18. The first-order valence-corrected chi connectivity index (χ1v) is 11.0. The van der Waals surface area contributed by atoms with Crippen molar-refractivity contribution in [3.05, 3.63) is 20.8 Å². The molecule has 1 atom stereocenters. The molecule has 0 saturated carbocycles. The molecule has 2 rings (SSSR count). The van der Waals surface area contributed by atoms with Gasteiger partial charge in [-0.05, 0) is 37.7 Å². The number of aromatic nitrogens is 2. The standard InChI is InChI=1S/C19H29N3O2S2/c1-6-12(2)11-14-13(3)26-18-16(14)17(24)20-19(21-18)25-10-8-7-9-15(23)22(4)5/h12H,6-11H2,1-5H3,(H,20,21,24). The minimum atomic E-state index is -0.0251. The molecule has 2 heterocycles. The number of aryl methyl sites for hydroxylation is 1. The van der Waals surface area contributed by atoms with Gasteiger partial charge in [-0.25, -0.2) is 4.98 Å². The summed E-state index contributed by atoms with van der Waals surface area (Å²) in [6, 6.07) is 0. The lowest BCUT2D eigenvalue weighted by atomic mass is 9.98. The number of unbranched alkanes of at least 4 members (excludes halogenated alkanes) is 1. The number of hydrogen-bond donors (Lipinski definition) is 1. The summed E-state index contributed by atoms with van der Waals surface area (Å²) in [7, 11) is 3.55. The smallest absolute Gasteiger partial charge is 0.260 e. The summed E-state index contributed by atoms with van der Waals surface area (Å²) in [5.74, 6) is 1.56. The molecule has 0 radical (unpaired) electrons. The van der Waals surface area contributed by atoms with Gasteiger partial charge in [0.25, 0.3) is 5.56 Å². The third-order valence-corrected chi connectivity index (χ3v) is 6.61. The van der Waals surface area contributed by atoms with Crippen LogP contribution in [0.25, 0.3) is 10.2 Å². The van der Waals surface area contributed by atoms with E-state index in [1.54, 1.807) is 42.1 Å². The van der Waals surface area contributed by atoms with Gasteiger partial charge in [0, 0.05) is 31.1 Å². The molecule has 0 aromatic carbocycles. The zero-order valence-electron chi connectivity index (χ0n) is 16.3. The Morgan fingerprint density at radius 3 is 2.73 bits per heavy atom. The number of carbonyl (C=O) groups is 1. The van der Waals surface area contributed by atoms with Gasteiger partial charge in [0.1, 0.15) is 4.83 Å². The molecule has 0 aliphatic rings. The van der Waals surface area contributed by atoms with Crippen molar-refractivity contribution >= 4 is 39.2 Å². The third kappa shape index (κ3) is 5.33. The maximum absolute atomic E-state index is 12.6. The lowest BCUT2D eigenvalue weighted by Crippen LogP contribution is -2.21. The molecule has 26 heavy (non-hydrogen) atoms. The number of thioether (sulfide) groups is 1. The monoisotopic (exact) mass is 395 g/mol. The molecule has 5 nitrogen and oxygen atoms in total. The molecule has 0 saturated heterocycles. The second-order valence-electron chi connectivity index (χ2n) is 7.00. The Morgan fingerprint density at radius 1 is 1.35 bits per heavy atom. The Labute approximate surface area is 163 Å². The van der Waals surface area contributed by atoms with E-state index in [1.165, 1.54) is 4.88 Å². The van der Waals surface area contributed by atoms with Crippen molar-refractivity contribution in [3.63, 3.8) is 0 Å². The molecule has 1 amide bonds. The summed E-state index contributed by atoms with van der Waals surface area (Å²) in [4.78, 5) is 35.4. The fraction of sp³-hybridized carbons (Fsp3) is 0.632. The van der Waals surface area contributed by atoms with E-state index in [4.69, 9.17) is 0 Å². The van der Waals surface area contributed by atoms with Crippen molar-refractivity contribution in [2.24, 2.45) is 5.92 Å². The highest BCUT2D eigenvalue weighted by molar-refractivity contribution is 7.99. The number of fused-ring (bicyclic) bond motifs is 1. The van der Waals surface area contributed by atoms with Gasteiger partial charge in [-0.1, -0.05) is 32.0 Å². The number of carbonyl (C=O) groups excluding carboxylic acids is 1. The third-order valence-electron chi connectivity index (χ3n) is 4.61. The van der Waals surface area contributed by atoms with Gasteiger partial charge in [0.2, 0.25) is 5.91 Å². The van der Waals surface area contributed by atoms with Gasteiger partial charge in [-0.2, -0.15) is 0 Å². The van der Waals surface area contributed by atoms with Gasteiger partial charge >= 0.3 is 0 Å². The Hall–Kier alpha value is -1.34. The number of nitrogens with zero attached hydrogens (tertiary/aromatic N) is 2. The molecule has 7 heteroatoms. The summed E-state index contributed by atoms with van der Waals surface area (Å²) in [6.45, 7) is 6.48. The highest BCUT2D eigenvalue weighted by Crippen LogP contribution is 2.30. The van der Waals surface area contributed by atoms with Crippen LogP contribution in [0.5, 0.6) is 0 Å². The Morgan fingerprint density at radius 2 is 2.08 bits per heavy atom. The Kier molecular flexibility index (Phi) is 7.70. The predicted octanol–water partition coefficient (Wildman–Crippen LogP) is 4.23.